The van der Waals surface area contributed by atoms with Crippen LogP contribution in [0.3, 0.4) is 0 Å². The Kier molecular flexibility index (Phi) is 1990. The van der Waals surface area contributed by atoms with E-state index in [9.17, 15) is 0 Å². The Hall–Kier alpha value is -0.801. The molecule has 0 aliphatic rings. The maximum absolute atomic E-state index is 8.00. The molecule has 0 bridgehead atoms. The average Bonchev–Trinajstić information content (AvgIpc) is 2.03. The first kappa shape index (κ1) is 41.5. The number of hydrogen-bond acceptors (Lipinski definition) is 4. The summed E-state index contributed by atoms with van der Waals surface area (Å²) in [5.41, 5.74) is 0. The second kappa shape index (κ2) is 432. The maximum Gasteiger partial charge on any atom is 3.00 e. The van der Waals surface area contributed by atoms with E-state index in [0.717, 1.165) is 0 Å². The van der Waals surface area contributed by atoms with E-state index in [1.807, 2.05) is 27.2 Å². The van der Waals surface area contributed by atoms with Gasteiger partial charge in [-0.1, -0.05) is 0 Å². The van der Waals surface area contributed by atoms with Crippen LogP contribution in [0.1, 0.15) is 4.28 Å². The largest absolute Gasteiger partial charge is 3.00 e. The molecule has 4 nitrogen and oxygen atoms in total. The van der Waals surface area contributed by atoms with Crippen LogP contribution in [0.5, 0.6) is 0 Å². The molecule has 0 saturated heterocycles. The quantitative estimate of drug-likeness (QED) is 0.474. The summed E-state index contributed by atoms with van der Waals surface area (Å²) in [4.78, 5) is 32.0. The molecule has 0 N–H and O–H groups in total. The SMILES string of the molecule is C=O.C=O.C=O.C=O.[Fe+3].[H-].[H-].[H-]. The normalized spacial score (nSPS) is 1.78. The molecule has 0 fully saturated rings. The van der Waals surface area contributed by atoms with Crippen molar-refractivity contribution in [3.8, 4) is 0 Å². The van der Waals surface area contributed by atoms with Gasteiger partial charge in [-0.3, -0.25) is 0 Å². The molecule has 0 aromatic heterocycles. The van der Waals surface area contributed by atoms with Crippen molar-refractivity contribution in [2.45, 2.75) is 0 Å². The molecule has 0 spiro atoms. The zero-order valence-electron chi connectivity index (χ0n) is 7.81. The monoisotopic (exact) mass is 179 g/mol. The smallest absolute Gasteiger partial charge is 1.00 e. The third-order valence-corrected chi connectivity index (χ3v) is 0. The van der Waals surface area contributed by atoms with Crippen molar-refractivity contribution in [2.75, 3.05) is 0 Å². The first-order chi connectivity index (χ1) is 4.00. The zero-order valence-corrected chi connectivity index (χ0v) is 5.92. The van der Waals surface area contributed by atoms with E-state index in [2.05, 4.69) is 0 Å². The first-order valence-corrected chi connectivity index (χ1v) is 1.15. The molecule has 0 amide bonds. The Morgan fingerprint density at radius 2 is 0.556 bits per heavy atom. The van der Waals surface area contributed by atoms with Crippen LogP contribution < -0.4 is 0 Å². The molecule has 0 aliphatic carbocycles. The third-order valence-electron chi connectivity index (χ3n) is 0. The van der Waals surface area contributed by atoms with Gasteiger partial charge in [-0.25, -0.2) is 0 Å². The van der Waals surface area contributed by atoms with Crippen LogP contribution >= 0.6 is 0 Å². The van der Waals surface area contributed by atoms with Crippen LogP contribution in [0, 0.1) is 0 Å². The van der Waals surface area contributed by atoms with Crippen LogP contribution in [-0.4, -0.2) is 27.2 Å². The predicted molar refractivity (Wildman–Crippen MR) is 31.8 cm³/mol. The minimum absolute atomic E-state index is 0. The summed E-state index contributed by atoms with van der Waals surface area (Å²) in [5.74, 6) is 0. The standard InChI is InChI=1S/4CH2O.Fe.3H/c4*1-2;;;;/h4*1H2;;;;/q;;;;+3;3*-1. The van der Waals surface area contributed by atoms with Gasteiger partial charge in [-0.2, -0.15) is 0 Å². The minimum atomic E-state index is 0. The van der Waals surface area contributed by atoms with Crippen molar-refractivity contribution in [2.24, 2.45) is 0 Å². The van der Waals surface area contributed by atoms with Crippen molar-refractivity contribution in [3.63, 3.8) is 0 Å². The van der Waals surface area contributed by atoms with Gasteiger partial charge in [0.25, 0.3) is 0 Å². The second-order valence-electron chi connectivity index (χ2n) is 0. The molecular weight excluding hydrogens is 168 g/mol. The van der Waals surface area contributed by atoms with E-state index < -0.39 is 0 Å². The summed E-state index contributed by atoms with van der Waals surface area (Å²) in [6.07, 6.45) is 0. The van der Waals surface area contributed by atoms with E-state index in [4.69, 9.17) is 19.2 Å². The fourth-order valence-electron chi connectivity index (χ4n) is 0. The molecule has 0 aromatic rings. The molecule has 0 aromatic carbocycles. The Labute approximate surface area is 68.5 Å². The molecule has 9 heavy (non-hydrogen) atoms. The number of rotatable bonds is 0. The van der Waals surface area contributed by atoms with Gasteiger partial charge >= 0.3 is 17.1 Å². The van der Waals surface area contributed by atoms with Gasteiger partial charge in [0.1, 0.15) is 27.2 Å². The summed E-state index contributed by atoms with van der Waals surface area (Å²) in [6, 6.07) is 0. The van der Waals surface area contributed by atoms with E-state index in [0.29, 0.717) is 0 Å². The summed E-state index contributed by atoms with van der Waals surface area (Å²) >= 11 is 0. The summed E-state index contributed by atoms with van der Waals surface area (Å²) in [5, 5.41) is 0. The van der Waals surface area contributed by atoms with Gasteiger partial charge in [-0.05, 0) is 0 Å². The van der Waals surface area contributed by atoms with E-state index in [1.54, 1.807) is 0 Å². The van der Waals surface area contributed by atoms with E-state index in [1.165, 1.54) is 0 Å². The van der Waals surface area contributed by atoms with Crippen LogP contribution in [0.15, 0.2) is 0 Å². The topological polar surface area (TPSA) is 68.3 Å². The van der Waals surface area contributed by atoms with Crippen molar-refractivity contribution in [1.82, 2.24) is 0 Å². The van der Waals surface area contributed by atoms with Crippen LogP contribution in [0.2, 0.25) is 0 Å². The average molecular weight is 179 g/mol. The van der Waals surface area contributed by atoms with Gasteiger partial charge in [0, 0.05) is 0 Å². The van der Waals surface area contributed by atoms with Crippen molar-refractivity contribution in [1.29, 1.82) is 0 Å². The Morgan fingerprint density at radius 1 is 0.556 bits per heavy atom. The Morgan fingerprint density at radius 3 is 0.556 bits per heavy atom. The number of carbonyl (C=O) groups excluding carboxylic acids is 4. The number of hydrogen-bond donors (Lipinski definition) is 0. The molecule has 0 rings (SSSR count). The van der Waals surface area contributed by atoms with Crippen molar-refractivity contribution < 1.29 is 40.5 Å². The molecule has 59 valence electrons. The molecular formula is C4H11FeO4. The molecule has 0 unspecified atom stereocenters. The molecule has 0 atom stereocenters. The van der Waals surface area contributed by atoms with Crippen LogP contribution in [-0.2, 0) is 36.2 Å². The molecule has 1 radical (unpaired) electrons. The first-order valence-electron chi connectivity index (χ1n) is 1.15. The van der Waals surface area contributed by atoms with E-state index in [-0.39, 0.29) is 21.3 Å². The maximum atomic E-state index is 8.00. The minimum Gasteiger partial charge on any atom is -1.00 e. The zero-order chi connectivity index (χ0) is 8.00. The third kappa shape index (κ3) is 304. The van der Waals surface area contributed by atoms with Crippen molar-refractivity contribution in [3.05, 3.63) is 0 Å². The summed E-state index contributed by atoms with van der Waals surface area (Å²) in [6.45, 7) is 8.00. The second-order valence-corrected chi connectivity index (χ2v) is 0. The van der Waals surface area contributed by atoms with Gasteiger partial charge in [0.2, 0.25) is 0 Å². The van der Waals surface area contributed by atoms with Gasteiger partial charge in [0.05, 0.1) is 0 Å². The Balaban J connectivity index is -0.00000000267. The molecule has 5 heteroatoms. The molecule has 0 saturated carbocycles. The van der Waals surface area contributed by atoms with Crippen LogP contribution in [0.4, 0.5) is 0 Å². The Bertz CT molecular complexity index is 30.3. The predicted octanol–water partition coefficient (Wildman–Crippen LogP) is -0.405. The van der Waals surface area contributed by atoms with E-state index >= 15 is 0 Å². The van der Waals surface area contributed by atoms with Crippen LogP contribution in [0.25, 0.3) is 0 Å². The van der Waals surface area contributed by atoms with Gasteiger partial charge in [0.15, 0.2) is 0 Å². The molecule has 0 aliphatic heterocycles. The van der Waals surface area contributed by atoms with Crippen molar-refractivity contribution >= 4 is 27.2 Å². The number of carbonyl (C=O) groups is 4. The fourth-order valence-corrected chi connectivity index (χ4v) is 0. The molecule has 0 heterocycles. The summed E-state index contributed by atoms with van der Waals surface area (Å²) in [7, 11) is 0. The van der Waals surface area contributed by atoms with Gasteiger partial charge in [-0.15, -0.1) is 0 Å². The summed E-state index contributed by atoms with van der Waals surface area (Å²) < 4.78 is 0. The van der Waals surface area contributed by atoms with Gasteiger partial charge < -0.3 is 23.5 Å². The fraction of sp³-hybridized carbons (Fsp3) is 0.